The van der Waals surface area contributed by atoms with E-state index >= 15 is 0 Å². The van der Waals surface area contributed by atoms with Gasteiger partial charge in [0.25, 0.3) is 0 Å². The zero-order valence-corrected chi connectivity index (χ0v) is 10.2. The van der Waals surface area contributed by atoms with E-state index in [1.54, 1.807) is 0 Å². The van der Waals surface area contributed by atoms with Crippen LogP contribution in [0.4, 0.5) is 0 Å². The van der Waals surface area contributed by atoms with Gasteiger partial charge in [-0.15, -0.1) is 6.58 Å². The van der Waals surface area contributed by atoms with Crippen LogP contribution >= 0.6 is 0 Å². The van der Waals surface area contributed by atoms with Crippen LogP contribution in [0.25, 0.3) is 0 Å². The van der Waals surface area contributed by atoms with Crippen molar-refractivity contribution in [3.8, 4) is 0 Å². The van der Waals surface area contributed by atoms with E-state index in [1.165, 1.54) is 44.9 Å². The first kappa shape index (κ1) is 11.8. The Morgan fingerprint density at radius 3 is 2.14 bits per heavy atom. The fourth-order valence-corrected chi connectivity index (χ4v) is 2.51. The summed E-state index contributed by atoms with van der Waals surface area (Å²) in [7, 11) is 0. The van der Waals surface area contributed by atoms with E-state index in [4.69, 9.17) is 0 Å². The standard InChI is InChI=1S/C14H26/c1-5-7-8-14(6-2)11-9-13(3,4)10-12-14/h6H,2,5,7-12H2,1,3-4H3. The van der Waals surface area contributed by atoms with Crippen molar-refractivity contribution in [3.05, 3.63) is 12.7 Å². The van der Waals surface area contributed by atoms with Crippen molar-refractivity contribution >= 4 is 0 Å². The predicted molar refractivity (Wildman–Crippen MR) is 64.4 cm³/mol. The number of unbranched alkanes of at least 4 members (excludes halogenated alkanes) is 1. The molecule has 0 amide bonds. The second-order valence-corrected chi connectivity index (χ2v) is 5.83. The van der Waals surface area contributed by atoms with E-state index in [2.05, 4.69) is 33.4 Å². The third kappa shape index (κ3) is 2.87. The van der Waals surface area contributed by atoms with Gasteiger partial charge in [0.05, 0.1) is 0 Å². The lowest BCUT2D eigenvalue weighted by atomic mass is 9.63. The molecule has 0 nitrogen and oxygen atoms in total. The van der Waals surface area contributed by atoms with Crippen LogP contribution in [-0.2, 0) is 0 Å². The van der Waals surface area contributed by atoms with Crippen molar-refractivity contribution in [1.29, 1.82) is 0 Å². The summed E-state index contributed by atoms with van der Waals surface area (Å²) < 4.78 is 0. The third-order valence-corrected chi connectivity index (χ3v) is 4.06. The average molecular weight is 194 g/mol. The highest BCUT2D eigenvalue weighted by Gasteiger charge is 2.35. The van der Waals surface area contributed by atoms with E-state index in [0.29, 0.717) is 10.8 Å². The molecular formula is C14H26. The van der Waals surface area contributed by atoms with Crippen molar-refractivity contribution in [2.75, 3.05) is 0 Å². The van der Waals surface area contributed by atoms with Crippen LogP contribution in [0.3, 0.4) is 0 Å². The summed E-state index contributed by atoms with van der Waals surface area (Å²) in [6.07, 6.45) is 11.8. The van der Waals surface area contributed by atoms with Crippen LogP contribution < -0.4 is 0 Å². The summed E-state index contributed by atoms with van der Waals surface area (Å²) >= 11 is 0. The maximum absolute atomic E-state index is 4.06. The largest absolute Gasteiger partial charge is 0.103 e. The minimum atomic E-state index is 0.492. The molecule has 0 aliphatic heterocycles. The molecule has 1 fully saturated rings. The Morgan fingerprint density at radius 1 is 1.14 bits per heavy atom. The fraction of sp³-hybridized carbons (Fsp3) is 0.857. The maximum atomic E-state index is 4.06. The topological polar surface area (TPSA) is 0 Å². The van der Waals surface area contributed by atoms with E-state index < -0.39 is 0 Å². The Hall–Kier alpha value is -0.260. The molecule has 0 spiro atoms. The summed E-state index contributed by atoms with van der Waals surface area (Å²) in [4.78, 5) is 0. The quantitative estimate of drug-likeness (QED) is 0.555. The van der Waals surface area contributed by atoms with Gasteiger partial charge in [-0.25, -0.2) is 0 Å². The molecule has 0 bridgehead atoms. The second kappa shape index (κ2) is 4.51. The molecule has 0 saturated heterocycles. The molecule has 1 saturated carbocycles. The highest BCUT2D eigenvalue weighted by Crippen LogP contribution is 2.48. The lowest BCUT2D eigenvalue weighted by molar-refractivity contribution is 0.131. The van der Waals surface area contributed by atoms with Gasteiger partial charge in [-0.2, -0.15) is 0 Å². The molecule has 0 unspecified atom stereocenters. The normalized spacial score (nSPS) is 24.5. The zero-order chi connectivity index (χ0) is 10.7. The van der Waals surface area contributed by atoms with Gasteiger partial charge in [-0.3, -0.25) is 0 Å². The van der Waals surface area contributed by atoms with Crippen LogP contribution in [0.2, 0.25) is 0 Å². The molecule has 1 aliphatic carbocycles. The van der Waals surface area contributed by atoms with Crippen LogP contribution in [0.5, 0.6) is 0 Å². The maximum Gasteiger partial charge on any atom is -0.0120 e. The molecule has 0 radical (unpaired) electrons. The molecule has 0 atom stereocenters. The molecule has 14 heavy (non-hydrogen) atoms. The molecule has 0 aromatic carbocycles. The van der Waals surface area contributed by atoms with Gasteiger partial charge in [0.1, 0.15) is 0 Å². The van der Waals surface area contributed by atoms with E-state index in [9.17, 15) is 0 Å². The molecular weight excluding hydrogens is 168 g/mol. The fourth-order valence-electron chi connectivity index (χ4n) is 2.51. The monoisotopic (exact) mass is 194 g/mol. The first-order valence-electron chi connectivity index (χ1n) is 6.17. The van der Waals surface area contributed by atoms with Crippen LogP contribution in [0, 0.1) is 10.8 Å². The molecule has 1 aliphatic rings. The highest BCUT2D eigenvalue weighted by atomic mass is 14.4. The van der Waals surface area contributed by atoms with Crippen LogP contribution in [0.15, 0.2) is 12.7 Å². The Morgan fingerprint density at radius 2 is 1.71 bits per heavy atom. The van der Waals surface area contributed by atoms with Crippen molar-refractivity contribution < 1.29 is 0 Å². The van der Waals surface area contributed by atoms with Gasteiger partial charge in [-0.1, -0.05) is 39.7 Å². The zero-order valence-electron chi connectivity index (χ0n) is 10.2. The van der Waals surface area contributed by atoms with Crippen LogP contribution in [0.1, 0.15) is 65.7 Å². The Bertz CT molecular complexity index is 178. The van der Waals surface area contributed by atoms with E-state index in [-0.39, 0.29) is 0 Å². The molecule has 0 heterocycles. The summed E-state index contributed by atoms with van der Waals surface area (Å²) in [5, 5.41) is 0. The SMILES string of the molecule is C=CC1(CCCC)CCC(C)(C)CC1. The second-order valence-electron chi connectivity index (χ2n) is 5.83. The lowest BCUT2D eigenvalue weighted by Crippen LogP contribution is -2.29. The van der Waals surface area contributed by atoms with Gasteiger partial charge in [-0.05, 0) is 42.9 Å². The number of rotatable bonds is 4. The molecule has 0 aromatic heterocycles. The molecule has 0 heteroatoms. The molecule has 0 aromatic rings. The van der Waals surface area contributed by atoms with Crippen molar-refractivity contribution in [2.45, 2.75) is 65.7 Å². The Balaban J connectivity index is 2.52. The number of hydrogen-bond donors (Lipinski definition) is 0. The smallest absolute Gasteiger partial charge is 0.0120 e. The number of hydrogen-bond acceptors (Lipinski definition) is 0. The highest BCUT2D eigenvalue weighted by molar-refractivity contribution is 4.99. The summed E-state index contributed by atoms with van der Waals surface area (Å²) in [5.74, 6) is 0. The number of allylic oxidation sites excluding steroid dienone is 1. The minimum absolute atomic E-state index is 0.492. The van der Waals surface area contributed by atoms with Gasteiger partial charge < -0.3 is 0 Å². The first-order chi connectivity index (χ1) is 6.54. The van der Waals surface area contributed by atoms with E-state index in [0.717, 1.165) is 0 Å². The molecule has 82 valence electrons. The summed E-state index contributed by atoms with van der Waals surface area (Å²) in [6, 6.07) is 0. The van der Waals surface area contributed by atoms with Gasteiger partial charge in [0, 0.05) is 0 Å². The minimum Gasteiger partial charge on any atom is -0.103 e. The van der Waals surface area contributed by atoms with Crippen molar-refractivity contribution in [2.24, 2.45) is 10.8 Å². The van der Waals surface area contributed by atoms with Gasteiger partial charge in [0.15, 0.2) is 0 Å². The van der Waals surface area contributed by atoms with Gasteiger partial charge >= 0.3 is 0 Å². The average Bonchev–Trinajstić information content (AvgIpc) is 2.18. The predicted octanol–water partition coefficient (Wildman–Crippen LogP) is 4.95. The Labute approximate surface area is 89.8 Å². The third-order valence-electron chi connectivity index (χ3n) is 4.06. The molecule has 1 rings (SSSR count). The van der Waals surface area contributed by atoms with E-state index in [1.807, 2.05) is 0 Å². The lowest BCUT2D eigenvalue weighted by Gasteiger charge is -2.42. The van der Waals surface area contributed by atoms with Gasteiger partial charge in [0.2, 0.25) is 0 Å². The van der Waals surface area contributed by atoms with Crippen molar-refractivity contribution in [3.63, 3.8) is 0 Å². The summed E-state index contributed by atoms with van der Waals surface area (Å²) in [6.45, 7) is 11.1. The Kier molecular flexibility index (Phi) is 3.80. The summed E-state index contributed by atoms with van der Waals surface area (Å²) in [5.41, 5.74) is 1.07. The molecule has 0 N–H and O–H groups in total. The van der Waals surface area contributed by atoms with Crippen LogP contribution in [-0.4, -0.2) is 0 Å². The first-order valence-corrected chi connectivity index (χ1v) is 6.17. The van der Waals surface area contributed by atoms with Crippen molar-refractivity contribution in [1.82, 2.24) is 0 Å².